The molecule has 0 aromatic rings. The molecule has 1 aliphatic rings. The lowest BCUT2D eigenvalue weighted by Gasteiger charge is -2.15. The fourth-order valence-electron chi connectivity index (χ4n) is 1.09. The molecule has 68 valence electrons. The van der Waals surface area contributed by atoms with Gasteiger partial charge in [0, 0.05) is 7.05 Å². The number of hydrogen-bond donors (Lipinski definition) is 2. The quantitative estimate of drug-likeness (QED) is 0.507. The van der Waals surface area contributed by atoms with E-state index in [1.165, 1.54) is 0 Å². The van der Waals surface area contributed by atoms with Gasteiger partial charge in [-0.2, -0.15) is 0 Å². The van der Waals surface area contributed by atoms with Gasteiger partial charge in [0.1, 0.15) is 20.0 Å². The first-order valence-corrected chi connectivity index (χ1v) is 3.48. The fourth-order valence-corrected chi connectivity index (χ4v) is 1.09. The molecule has 6 nitrogen and oxygen atoms in total. The molecule has 6 heteroatoms. The molecule has 0 spiro atoms. The molecular formula is C6H11N3O3. The Kier molecular flexibility index (Phi) is 2.61. The van der Waals surface area contributed by atoms with Gasteiger partial charge in [0.15, 0.2) is 0 Å². The topological polar surface area (TPSA) is 76.4 Å². The van der Waals surface area contributed by atoms with Gasteiger partial charge in [-0.15, -0.1) is 0 Å². The number of aliphatic imine (C=N–C) groups is 1. The number of carbonyl (C=O) groups excluding carboxylic acids is 1. The average Bonchev–Trinajstić information content (AvgIpc) is 2.28. The van der Waals surface area contributed by atoms with Crippen LogP contribution in [0.25, 0.3) is 0 Å². The van der Waals surface area contributed by atoms with Crippen LogP contribution < -0.4 is 0 Å². The number of amides is 1. The molecular weight excluding hydrogens is 162 g/mol. The Labute approximate surface area is 69.7 Å². The molecule has 0 saturated carbocycles. The van der Waals surface area contributed by atoms with E-state index >= 15 is 0 Å². The maximum absolute atomic E-state index is 11.1. The summed E-state index contributed by atoms with van der Waals surface area (Å²) in [7, 11) is 1.67. The van der Waals surface area contributed by atoms with Crippen molar-refractivity contribution < 1.29 is 15.0 Å². The highest BCUT2D eigenvalue weighted by molar-refractivity contribution is 6.04. The molecule has 0 atom stereocenters. The normalized spacial score (nSPS) is 21.2. The van der Waals surface area contributed by atoms with Crippen LogP contribution in [0, 0.1) is 0 Å². The van der Waals surface area contributed by atoms with Crippen LogP contribution in [0.1, 0.15) is 0 Å². The Morgan fingerprint density at radius 3 is 2.75 bits per heavy atom. The van der Waals surface area contributed by atoms with Crippen LogP contribution in [0.5, 0.6) is 0 Å². The zero-order chi connectivity index (χ0) is 9.14. The van der Waals surface area contributed by atoms with E-state index < -0.39 is 6.73 Å². The van der Waals surface area contributed by atoms with Gasteiger partial charge in [-0.3, -0.25) is 9.69 Å². The van der Waals surface area contributed by atoms with E-state index in [0.29, 0.717) is 5.96 Å². The zero-order valence-corrected chi connectivity index (χ0v) is 6.77. The summed E-state index contributed by atoms with van der Waals surface area (Å²) in [5.41, 5.74) is 0. The van der Waals surface area contributed by atoms with Crippen molar-refractivity contribution in [1.29, 1.82) is 0 Å². The maximum atomic E-state index is 11.1. The number of nitrogens with zero attached hydrogens (tertiary/aromatic N) is 3. The zero-order valence-electron chi connectivity index (χ0n) is 6.77. The smallest absolute Gasteiger partial charge is 0.250 e. The van der Waals surface area contributed by atoms with Crippen molar-refractivity contribution in [3.63, 3.8) is 0 Å². The van der Waals surface area contributed by atoms with Crippen LogP contribution in [-0.2, 0) is 4.79 Å². The predicted octanol–water partition coefficient (Wildman–Crippen LogP) is -1.98. The summed E-state index contributed by atoms with van der Waals surface area (Å²) >= 11 is 0. The summed E-state index contributed by atoms with van der Waals surface area (Å²) in [5, 5.41) is 17.3. The first-order valence-electron chi connectivity index (χ1n) is 3.48. The van der Waals surface area contributed by atoms with Crippen molar-refractivity contribution >= 4 is 11.9 Å². The van der Waals surface area contributed by atoms with Crippen LogP contribution in [0.4, 0.5) is 0 Å². The highest BCUT2D eigenvalue weighted by Crippen LogP contribution is 2.06. The van der Waals surface area contributed by atoms with E-state index in [9.17, 15) is 4.79 Å². The van der Waals surface area contributed by atoms with Gasteiger partial charge < -0.3 is 15.1 Å². The second-order valence-corrected chi connectivity index (χ2v) is 2.42. The fraction of sp³-hybridized carbons (Fsp3) is 0.667. The molecule has 0 aromatic carbocycles. The maximum Gasteiger partial charge on any atom is 0.250 e. The number of aliphatic hydroxyl groups excluding tert-OH is 2. The molecule has 0 aromatic heterocycles. The van der Waals surface area contributed by atoms with E-state index in [2.05, 4.69) is 4.99 Å². The van der Waals surface area contributed by atoms with Gasteiger partial charge in [-0.05, 0) is 0 Å². The lowest BCUT2D eigenvalue weighted by atomic mass is 10.6. The van der Waals surface area contributed by atoms with Crippen LogP contribution >= 0.6 is 0 Å². The lowest BCUT2D eigenvalue weighted by molar-refractivity contribution is -0.127. The summed E-state index contributed by atoms with van der Waals surface area (Å²) in [5.74, 6) is 0.0946. The van der Waals surface area contributed by atoms with E-state index in [4.69, 9.17) is 10.2 Å². The number of carbonyl (C=O) groups is 1. The molecule has 0 bridgehead atoms. The second kappa shape index (κ2) is 3.51. The van der Waals surface area contributed by atoms with Gasteiger partial charge >= 0.3 is 0 Å². The Morgan fingerprint density at radius 1 is 1.58 bits per heavy atom. The van der Waals surface area contributed by atoms with Gasteiger partial charge in [0.05, 0.1) is 0 Å². The largest absolute Gasteiger partial charge is 0.376 e. The third kappa shape index (κ3) is 1.39. The standard InChI is InChI=1S/C6H11N3O3/c1-8-2-5(12)9(4-11)6(8)7-3-10/h10-11H,2-4H2,1H3/b7-6+. The summed E-state index contributed by atoms with van der Waals surface area (Å²) in [6, 6.07) is 0. The molecule has 1 saturated heterocycles. The summed E-state index contributed by atoms with van der Waals surface area (Å²) in [4.78, 5) is 17.4. The molecule has 1 heterocycles. The van der Waals surface area contributed by atoms with Crippen molar-refractivity contribution in [1.82, 2.24) is 9.80 Å². The Bertz CT molecular complexity index is 216. The van der Waals surface area contributed by atoms with E-state index in [1.807, 2.05) is 0 Å². The van der Waals surface area contributed by atoms with E-state index in [0.717, 1.165) is 4.90 Å². The SMILES string of the molecule is CN1CC(=O)N(CO)/C1=N/CO. The highest BCUT2D eigenvalue weighted by Gasteiger charge is 2.30. The number of aliphatic hydroxyl groups is 2. The van der Waals surface area contributed by atoms with Gasteiger partial charge in [0.2, 0.25) is 5.96 Å². The van der Waals surface area contributed by atoms with E-state index in [-0.39, 0.29) is 19.2 Å². The van der Waals surface area contributed by atoms with Crippen molar-refractivity contribution in [2.45, 2.75) is 0 Å². The van der Waals surface area contributed by atoms with Gasteiger partial charge in [-0.25, -0.2) is 4.99 Å². The van der Waals surface area contributed by atoms with Crippen molar-refractivity contribution in [3.05, 3.63) is 0 Å². The highest BCUT2D eigenvalue weighted by atomic mass is 16.3. The number of hydrogen-bond acceptors (Lipinski definition) is 4. The summed E-state index contributed by atoms with van der Waals surface area (Å²) < 4.78 is 0. The van der Waals surface area contributed by atoms with Crippen LogP contribution in [0.2, 0.25) is 0 Å². The molecule has 12 heavy (non-hydrogen) atoms. The Morgan fingerprint density at radius 2 is 2.25 bits per heavy atom. The Hall–Kier alpha value is -1.14. The third-order valence-electron chi connectivity index (χ3n) is 1.61. The molecule has 0 aliphatic carbocycles. The molecule has 1 rings (SSSR count). The molecule has 1 amide bonds. The monoisotopic (exact) mass is 173 g/mol. The molecule has 0 unspecified atom stereocenters. The van der Waals surface area contributed by atoms with Crippen LogP contribution in [0.3, 0.4) is 0 Å². The third-order valence-corrected chi connectivity index (χ3v) is 1.61. The molecule has 1 aliphatic heterocycles. The number of likely N-dealkylation sites (N-methyl/N-ethyl adjacent to an activating group) is 1. The van der Waals surface area contributed by atoms with Crippen molar-refractivity contribution in [2.24, 2.45) is 4.99 Å². The second-order valence-electron chi connectivity index (χ2n) is 2.42. The summed E-state index contributed by atoms with van der Waals surface area (Å²) in [6.07, 6.45) is 0. The number of guanidine groups is 1. The van der Waals surface area contributed by atoms with Crippen molar-refractivity contribution in [2.75, 3.05) is 27.1 Å². The summed E-state index contributed by atoms with van der Waals surface area (Å²) in [6.45, 7) is -0.592. The average molecular weight is 173 g/mol. The molecule has 1 fully saturated rings. The van der Waals surface area contributed by atoms with Gasteiger partial charge in [0.25, 0.3) is 5.91 Å². The first-order chi connectivity index (χ1) is 5.70. The molecule has 0 radical (unpaired) electrons. The number of rotatable bonds is 2. The lowest BCUT2D eigenvalue weighted by Crippen LogP contribution is -2.34. The molecule has 2 N–H and O–H groups in total. The van der Waals surface area contributed by atoms with Crippen LogP contribution in [0.15, 0.2) is 4.99 Å². The minimum Gasteiger partial charge on any atom is -0.376 e. The Balaban J connectivity index is 2.82. The first kappa shape index (κ1) is 8.95. The minimum absolute atomic E-state index is 0.194. The van der Waals surface area contributed by atoms with E-state index in [1.54, 1.807) is 11.9 Å². The van der Waals surface area contributed by atoms with Crippen molar-refractivity contribution in [3.8, 4) is 0 Å². The van der Waals surface area contributed by atoms with Gasteiger partial charge in [-0.1, -0.05) is 0 Å². The predicted molar refractivity (Wildman–Crippen MR) is 41.1 cm³/mol. The van der Waals surface area contributed by atoms with Crippen LogP contribution in [-0.4, -0.2) is 58.9 Å². The minimum atomic E-state index is -0.401.